The Hall–Kier alpha value is -0.0800. The molecule has 0 aromatic carbocycles. The predicted molar refractivity (Wildman–Crippen MR) is 40.9 cm³/mol. The molecule has 0 spiro atoms. The van der Waals surface area contributed by atoms with Gasteiger partial charge in [-0.2, -0.15) is 0 Å². The van der Waals surface area contributed by atoms with Crippen molar-refractivity contribution in [2.24, 2.45) is 5.92 Å². The summed E-state index contributed by atoms with van der Waals surface area (Å²) in [4.78, 5) is 0. The summed E-state index contributed by atoms with van der Waals surface area (Å²) in [5.74, 6) is 0.457. The molecule has 0 aliphatic rings. The molecule has 0 saturated heterocycles. The maximum absolute atomic E-state index is 9.32. The van der Waals surface area contributed by atoms with Gasteiger partial charge in [0.25, 0.3) is 0 Å². The Labute approximate surface area is 62.9 Å². The number of hydrogen-bond acceptors (Lipinski definition) is 2. The van der Waals surface area contributed by atoms with Crippen LogP contribution in [0.3, 0.4) is 0 Å². The van der Waals surface area contributed by atoms with Gasteiger partial charge >= 0.3 is 0 Å². The molecule has 2 unspecified atom stereocenters. The second-order valence-electron chi connectivity index (χ2n) is 3.20. The molecule has 0 aliphatic carbocycles. The summed E-state index contributed by atoms with van der Waals surface area (Å²) in [5.41, 5.74) is -1.00. The minimum Gasteiger partial charge on any atom is -0.387 e. The first-order valence-corrected chi connectivity index (χ1v) is 3.72. The van der Waals surface area contributed by atoms with Crippen LogP contribution in [-0.2, 0) is 0 Å². The average molecular weight is 145 g/mol. The van der Waals surface area contributed by atoms with Gasteiger partial charge in [-0.1, -0.05) is 20.3 Å². The molecule has 0 amide bonds. The van der Waals surface area contributed by atoms with E-state index in [1.807, 2.05) is 0 Å². The van der Waals surface area contributed by atoms with E-state index in [-0.39, 0.29) is 0 Å². The second-order valence-corrected chi connectivity index (χ2v) is 3.20. The summed E-state index contributed by atoms with van der Waals surface area (Å²) in [7, 11) is 0. The molecule has 0 rings (SSSR count). The standard InChI is InChI=1S/C8H17O2/c1-4-7(2)5-8(3,10)6-9/h6-7,9-10H,4-5H2,1-3H3. The zero-order valence-corrected chi connectivity index (χ0v) is 6.96. The molecule has 2 nitrogen and oxygen atoms in total. The van der Waals surface area contributed by atoms with Crippen LogP contribution in [-0.4, -0.2) is 15.8 Å². The van der Waals surface area contributed by atoms with Crippen molar-refractivity contribution in [1.29, 1.82) is 0 Å². The lowest BCUT2D eigenvalue weighted by molar-refractivity contribution is 0.0241. The molecule has 2 atom stereocenters. The molecule has 2 heteroatoms. The quantitative estimate of drug-likeness (QED) is 0.632. The third kappa shape index (κ3) is 3.85. The molecule has 0 aromatic rings. The van der Waals surface area contributed by atoms with E-state index in [2.05, 4.69) is 13.8 Å². The van der Waals surface area contributed by atoms with Crippen LogP contribution in [0.15, 0.2) is 0 Å². The fraction of sp³-hybridized carbons (Fsp3) is 0.875. The normalized spacial score (nSPS) is 20.1. The molecular formula is C8H17O2. The maximum atomic E-state index is 9.32. The monoisotopic (exact) mass is 145 g/mol. The number of hydrogen-bond donors (Lipinski definition) is 2. The smallest absolute Gasteiger partial charge is 0.111 e. The molecule has 0 aromatic heterocycles. The van der Waals surface area contributed by atoms with E-state index in [0.717, 1.165) is 13.0 Å². The van der Waals surface area contributed by atoms with Crippen LogP contribution in [0.25, 0.3) is 0 Å². The summed E-state index contributed by atoms with van der Waals surface area (Å²) in [6, 6.07) is 0. The van der Waals surface area contributed by atoms with Crippen molar-refractivity contribution < 1.29 is 10.2 Å². The molecule has 10 heavy (non-hydrogen) atoms. The Kier molecular flexibility index (Phi) is 3.91. The van der Waals surface area contributed by atoms with Crippen LogP contribution >= 0.6 is 0 Å². The third-order valence-corrected chi connectivity index (χ3v) is 1.74. The van der Waals surface area contributed by atoms with E-state index in [9.17, 15) is 5.11 Å². The van der Waals surface area contributed by atoms with Crippen molar-refractivity contribution in [2.45, 2.75) is 39.2 Å². The van der Waals surface area contributed by atoms with Crippen molar-refractivity contribution in [3.63, 3.8) is 0 Å². The van der Waals surface area contributed by atoms with Crippen molar-refractivity contribution in [2.75, 3.05) is 0 Å². The zero-order chi connectivity index (χ0) is 8.20. The van der Waals surface area contributed by atoms with E-state index >= 15 is 0 Å². The maximum Gasteiger partial charge on any atom is 0.111 e. The highest BCUT2D eigenvalue weighted by atomic mass is 16.3. The Bertz CT molecular complexity index is 89.3. The number of rotatable bonds is 4. The van der Waals surface area contributed by atoms with Gasteiger partial charge in [-0.15, -0.1) is 0 Å². The van der Waals surface area contributed by atoms with Crippen LogP contribution in [0, 0.1) is 12.5 Å². The Morgan fingerprint density at radius 3 is 2.40 bits per heavy atom. The summed E-state index contributed by atoms with van der Waals surface area (Å²) >= 11 is 0. The van der Waals surface area contributed by atoms with Gasteiger partial charge in [0.1, 0.15) is 6.61 Å². The molecule has 1 radical (unpaired) electrons. The predicted octanol–water partition coefficient (Wildman–Crippen LogP) is 1.71. The lowest BCUT2D eigenvalue weighted by Crippen LogP contribution is -2.27. The van der Waals surface area contributed by atoms with Gasteiger partial charge in [0, 0.05) is 0 Å². The second kappa shape index (κ2) is 3.94. The van der Waals surface area contributed by atoms with Crippen molar-refractivity contribution >= 4 is 0 Å². The molecule has 2 N–H and O–H groups in total. The van der Waals surface area contributed by atoms with Crippen LogP contribution in [0.5, 0.6) is 0 Å². The van der Waals surface area contributed by atoms with Crippen molar-refractivity contribution in [3.8, 4) is 0 Å². The zero-order valence-electron chi connectivity index (χ0n) is 6.96. The average Bonchev–Trinajstić information content (AvgIpc) is 1.87. The van der Waals surface area contributed by atoms with Gasteiger partial charge in [-0.05, 0) is 19.3 Å². The van der Waals surface area contributed by atoms with E-state index < -0.39 is 5.60 Å². The molecule has 0 heterocycles. The third-order valence-electron chi connectivity index (χ3n) is 1.74. The minimum atomic E-state index is -1.00. The highest BCUT2D eigenvalue weighted by Gasteiger charge is 2.21. The van der Waals surface area contributed by atoms with E-state index in [1.54, 1.807) is 6.92 Å². The summed E-state index contributed by atoms with van der Waals surface area (Å²) in [5, 5.41) is 17.9. The Morgan fingerprint density at radius 2 is 2.10 bits per heavy atom. The topological polar surface area (TPSA) is 40.5 Å². The number of aliphatic hydroxyl groups is 2. The first-order chi connectivity index (χ1) is 4.52. The molecular weight excluding hydrogens is 128 g/mol. The Balaban J connectivity index is 3.64. The first kappa shape index (κ1) is 9.92. The lowest BCUT2D eigenvalue weighted by atomic mass is 9.92. The molecule has 0 aliphatic heterocycles. The summed E-state index contributed by atoms with van der Waals surface area (Å²) in [6.07, 6.45) is 1.66. The highest BCUT2D eigenvalue weighted by molar-refractivity contribution is 4.81. The van der Waals surface area contributed by atoms with Gasteiger partial charge in [0.05, 0.1) is 5.60 Å². The lowest BCUT2D eigenvalue weighted by Gasteiger charge is -2.22. The largest absolute Gasteiger partial charge is 0.387 e. The van der Waals surface area contributed by atoms with Crippen LogP contribution in [0.4, 0.5) is 0 Å². The fourth-order valence-electron chi connectivity index (χ4n) is 0.903. The number of aliphatic hydroxyl groups excluding tert-OH is 1. The first-order valence-electron chi connectivity index (χ1n) is 3.72. The molecule has 0 fully saturated rings. The van der Waals surface area contributed by atoms with E-state index in [4.69, 9.17) is 5.11 Å². The van der Waals surface area contributed by atoms with Gasteiger partial charge < -0.3 is 10.2 Å². The highest BCUT2D eigenvalue weighted by Crippen LogP contribution is 2.19. The van der Waals surface area contributed by atoms with Crippen LogP contribution < -0.4 is 0 Å². The summed E-state index contributed by atoms with van der Waals surface area (Å²) < 4.78 is 0. The van der Waals surface area contributed by atoms with Gasteiger partial charge in [-0.3, -0.25) is 0 Å². The van der Waals surface area contributed by atoms with Gasteiger partial charge in [0.2, 0.25) is 0 Å². The van der Waals surface area contributed by atoms with Gasteiger partial charge in [0.15, 0.2) is 0 Å². The van der Waals surface area contributed by atoms with Crippen LogP contribution in [0.2, 0.25) is 0 Å². The summed E-state index contributed by atoms with van der Waals surface area (Å²) in [6.45, 7) is 6.59. The van der Waals surface area contributed by atoms with E-state index in [1.165, 1.54) is 0 Å². The molecule has 0 saturated carbocycles. The molecule has 0 bridgehead atoms. The minimum absolute atomic E-state index is 0.457. The van der Waals surface area contributed by atoms with Crippen molar-refractivity contribution in [3.05, 3.63) is 6.61 Å². The van der Waals surface area contributed by atoms with Crippen LogP contribution in [0.1, 0.15) is 33.6 Å². The SMILES string of the molecule is CCC(C)CC(C)(O)[CH]O. The van der Waals surface area contributed by atoms with E-state index in [0.29, 0.717) is 12.3 Å². The van der Waals surface area contributed by atoms with Crippen molar-refractivity contribution in [1.82, 2.24) is 0 Å². The Morgan fingerprint density at radius 1 is 1.60 bits per heavy atom. The molecule has 61 valence electrons. The van der Waals surface area contributed by atoms with Gasteiger partial charge in [-0.25, -0.2) is 0 Å². The fourth-order valence-corrected chi connectivity index (χ4v) is 0.903.